The molecule has 16 heavy (non-hydrogen) atoms. The monoisotopic (exact) mass is 240 g/mol. The van der Waals surface area contributed by atoms with E-state index >= 15 is 0 Å². The van der Waals surface area contributed by atoms with E-state index in [0.29, 0.717) is 12.3 Å². The number of nitrogens with zero attached hydrogens (tertiary/aromatic N) is 2. The van der Waals surface area contributed by atoms with Crippen LogP contribution in [0, 0.1) is 0 Å². The first-order valence-electron chi connectivity index (χ1n) is 5.03. The van der Waals surface area contributed by atoms with Gasteiger partial charge < -0.3 is 0 Å². The fourth-order valence-electron chi connectivity index (χ4n) is 1.41. The fraction of sp³-hybridized carbons (Fsp3) is 0.364. The first-order chi connectivity index (χ1) is 7.54. The Balaban J connectivity index is 3.14. The smallest absolute Gasteiger partial charge is 0.264 e. The molecule has 1 rings (SSSR count). The highest BCUT2D eigenvalue weighted by Gasteiger charge is 2.22. The lowest BCUT2D eigenvalue weighted by atomic mass is 10.4. The fourth-order valence-corrected chi connectivity index (χ4v) is 2.72. The van der Waals surface area contributed by atoms with Crippen LogP contribution in [0.15, 0.2) is 40.2 Å². The number of hydrogen-bond acceptors (Lipinski definition) is 3. The van der Waals surface area contributed by atoms with E-state index in [4.69, 9.17) is 0 Å². The van der Waals surface area contributed by atoms with Crippen molar-refractivity contribution in [1.82, 2.24) is 4.31 Å². The van der Waals surface area contributed by atoms with E-state index in [9.17, 15) is 8.42 Å². The molecule has 0 aromatic heterocycles. The van der Waals surface area contributed by atoms with Gasteiger partial charge in [0, 0.05) is 20.5 Å². The molecule has 0 bridgehead atoms. The lowest BCUT2D eigenvalue weighted by Crippen LogP contribution is -2.32. The SMILES string of the molecule is CCC(=NC)N(C)S(=O)(=O)c1ccccc1. The summed E-state index contributed by atoms with van der Waals surface area (Å²) in [5.41, 5.74) is 0. The summed E-state index contributed by atoms with van der Waals surface area (Å²) in [7, 11) is -0.345. The molecular weight excluding hydrogens is 224 g/mol. The molecule has 0 saturated heterocycles. The first-order valence-corrected chi connectivity index (χ1v) is 6.47. The quantitative estimate of drug-likeness (QED) is 0.597. The van der Waals surface area contributed by atoms with Gasteiger partial charge in [-0.2, -0.15) is 0 Å². The second kappa shape index (κ2) is 5.12. The van der Waals surface area contributed by atoms with Crippen molar-refractivity contribution in [2.75, 3.05) is 14.1 Å². The van der Waals surface area contributed by atoms with E-state index in [1.807, 2.05) is 6.92 Å². The summed E-state index contributed by atoms with van der Waals surface area (Å²) >= 11 is 0. The highest BCUT2D eigenvalue weighted by Crippen LogP contribution is 2.14. The zero-order valence-corrected chi connectivity index (χ0v) is 10.5. The van der Waals surface area contributed by atoms with Gasteiger partial charge in [0.2, 0.25) is 0 Å². The lowest BCUT2D eigenvalue weighted by Gasteiger charge is -2.20. The van der Waals surface area contributed by atoms with Gasteiger partial charge in [0.05, 0.1) is 4.90 Å². The van der Waals surface area contributed by atoms with Gasteiger partial charge in [-0.1, -0.05) is 25.1 Å². The number of amidine groups is 1. The van der Waals surface area contributed by atoms with Gasteiger partial charge in [-0.15, -0.1) is 0 Å². The molecule has 0 heterocycles. The molecule has 0 aliphatic rings. The van der Waals surface area contributed by atoms with E-state index in [2.05, 4.69) is 4.99 Å². The molecule has 0 aliphatic carbocycles. The van der Waals surface area contributed by atoms with Gasteiger partial charge in [-0.05, 0) is 12.1 Å². The van der Waals surface area contributed by atoms with Crippen LogP contribution in [0.2, 0.25) is 0 Å². The van der Waals surface area contributed by atoms with Crippen molar-refractivity contribution < 1.29 is 8.42 Å². The van der Waals surface area contributed by atoms with Gasteiger partial charge in [-0.3, -0.25) is 9.30 Å². The van der Waals surface area contributed by atoms with Crippen LogP contribution < -0.4 is 0 Å². The molecule has 0 saturated carbocycles. The van der Waals surface area contributed by atoms with Gasteiger partial charge in [-0.25, -0.2) is 8.42 Å². The maximum absolute atomic E-state index is 12.1. The van der Waals surface area contributed by atoms with Gasteiger partial charge in [0.15, 0.2) is 0 Å². The summed E-state index contributed by atoms with van der Waals surface area (Å²) in [5, 5.41) is 0. The van der Waals surface area contributed by atoms with Crippen molar-refractivity contribution in [2.45, 2.75) is 18.2 Å². The summed E-state index contributed by atoms with van der Waals surface area (Å²) < 4.78 is 25.5. The first kappa shape index (κ1) is 12.7. The number of hydrogen-bond donors (Lipinski definition) is 0. The molecule has 0 aliphatic heterocycles. The molecule has 1 aromatic rings. The maximum Gasteiger partial charge on any atom is 0.264 e. The topological polar surface area (TPSA) is 49.7 Å². The molecule has 0 unspecified atom stereocenters. The minimum absolute atomic E-state index is 0.284. The standard InChI is InChI=1S/C11H16N2O2S/c1-4-11(12-2)13(3)16(14,15)10-8-6-5-7-9-10/h5-9H,4H2,1-3H3. The Hall–Kier alpha value is -1.36. The molecule has 0 N–H and O–H groups in total. The van der Waals surface area contributed by atoms with Crippen LogP contribution in [0.4, 0.5) is 0 Å². The van der Waals surface area contributed by atoms with Crippen LogP contribution in [0.5, 0.6) is 0 Å². The zero-order chi connectivity index (χ0) is 12.2. The number of benzene rings is 1. The van der Waals surface area contributed by atoms with Crippen molar-refractivity contribution in [3.63, 3.8) is 0 Å². The number of sulfonamides is 1. The normalized spacial score (nSPS) is 12.6. The lowest BCUT2D eigenvalue weighted by molar-refractivity contribution is 0.549. The Morgan fingerprint density at radius 1 is 1.31 bits per heavy atom. The van der Waals surface area contributed by atoms with Gasteiger partial charge in [0.1, 0.15) is 5.84 Å². The second-order valence-electron chi connectivity index (χ2n) is 3.28. The highest BCUT2D eigenvalue weighted by atomic mass is 32.2. The molecule has 0 atom stereocenters. The Bertz CT molecular complexity index is 466. The summed E-state index contributed by atoms with van der Waals surface area (Å²) in [5.74, 6) is 0.545. The molecular formula is C11H16N2O2S. The van der Waals surface area contributed by atoms with Gasteiger partial charge in [0.25, 0.3) is 10.0 Å². The Morgan fingerprint density at radius 3 is 2.31 bits per heavy atom. The third-order valence-electron chi connectivity index (χ3n) is 2.34. The van der Waals surface area contributed by atoms with Crippen LogP contribution in [0.3, 0.4) is 0 Å². The van der Waals surface area contributed by atoms with Crippen LogP contribution in [0.25, 0.3) is 0 Å². The van der Waals surface area contributed by atoms with E-state index in [0.717, 1.165) is 0 Å². The molecule has 5 heteroatoms. The molecule has 0 spiro atoms. The predicted octanol–water partition coefficient (Wildman–Crippen LogP) is 1.75. The number of rotatable bonds is 3. The third kappa shape index (κ3) is 2.41. The maximum atomic E-state index is 12.1. The van der Waals surface area contributed by atoms with Crippen molar-refractivity contribution >= 4 is 15.9 Å². The molecule has 0 fully saturated rings. The molecule has 4 nitrogen and oxygen atoms in total. The van der Waals surface area contributed by atoms with Crippen molar-refractivity contribution in [3.05, 3.63) is 30.3 Å². The number of aliphatic imine (C=N–C) groups is 1. The van der Waals surface area contributed by atoms with E-state index in [1.165, 1.54) is 11.4 Å². The zero-order valence-electron chi connectivity index (χ0n) is 9.71. The minimum atomic E-state index is -3.46. The molecule has 0 radical (unpaired) electrons. The minimum Gasteiger partial charge on any atom is -0.275 e. The van der Waals surface area contributed by atoms with Crippen molar-refractivity contribution in [3.8, 4) is 0 Å². The van der Waals surface area contributed by atoms with E-state index in [1.54, 1.807) is 37.4 Å². The van der Waals surface area contributed by atoms with Crippen molar-refractivity contribution in [1.29, 1.82) is 0 Å². The van der Waals surface area contributed by atoms with Gasteiger partial charge >= 0.3 is 0 Å². The summed E-state index contributed by atoms with van der Waals surface area (Å²) in [4.78, 5) is 4.25. The summed E-state index contributed by atoms with van der Waals surface area (Å²) in [6.45, 7) is 1.87. The summed E-state index contributed by atoms with van der Waals surface area (Å²) in [6.07, 6.45) is 0.582. The van der Waals surface area contributed by atoms with E-state index < -0.39 is 10.0 Å². The molecule has 1 aromatic carbocycles. The van der Waals surface area contributed by atoms with Crippen molar-refractivity contribution in [2.24, 2.45) is 4.99 Å². The van der Waals surface area contributed by atoms with E-state index in [-0.39, 0.29) is 4.90 Å². The Morgan fingerprint density at radius 2 is 1.88 bits per heavy atom. The predicted molar refractivity (Wildman–Crippen MR) is 65.0 cm³/mol. The summed E-state index contributed by atoms with van der Waals surface area (Å²) in [6, 6.07) is 8.35. The molecule has 88 valence electrons. The highest BCUT2D eigenvalue weighted by molar-refractivity contribution is 7.89. The molecule has 0 amide bonds. The largest absolute Gasteiger partial charge is 0.275 e. The van der Waals surface area contributed by atoms with Crippen LogP contribution >= 0.6 is 0 Å². The average Bonchev–Trinajstić information content (AvgIpc) is 2.31. The Labute approximate surface area is 96.7 Å². The third-order valence-corrected chi connectivity index (χ3v) is 4.14. The van der Waals surface area contributed by atoms with Crippen LogP contribution in [-0.4, -0.2) is 32.7 Å². The average molecular weight is 240 g/mol. The Kier molecular flexibility index (Phi) is 4.06. The van der Waals surface area contributed by atoms with Crippen LogP contribution in [-0.2, 0) is 10.0 Å². The van der Waals surface area contributed by atoms with Crippen LogP contribution in [0.1, 0.15) is 13.3 Å². The second-order valence-corrected chi connectivity index (χ2v) is 5.25.